The molecule has 0 aromatic heterocycles. The van der Waals surface area contributed by atoms with Gasteiger partial charge in [0.15, 0.2) is 0 Å². The molecule has 7 heteroatoms. The monoisotopic (exact) mass is 331 g/mol. The minimum Gasteiger partial charge on any atom is -0.465 e. The normalized spacial score (nSPS) is 9.95. The second-order valence-corrected chi connectivity index (χ2v) is 4.50. The molecule has 0 atom stereocenters. The quantitative estimate of drug-likeness (QED) is 0.780. The van der Waals surface area contributed by atoms with Crippen LogP contribution in [0.2, 0.25) is 0 Å². The van der Waals surface area contributed by atoms with E-state index >= 15 is 0 Å². The van der Waals surface area contributed by atoms with Crippen LogP contribution in [-0.4, -0.2) is 24.9 Å². The molecule has 5 nitrogen and oxygen atoms in total. The molecule has 0 fully saturated rings. The maximum Gasteiger partial charge on any atom is 0.340 e. The van der Waals surface area contributed by atoms with E-state index in [4.69, 9.17) is 0 Å². The maximum absolute atomic E-state index is 13.6. The van der Waals surface area contributed by atoms with Crippen LogP contribution in [-0.2, 0) is 14.3 Å². The maximum atomic E-state index is 13.6. The van der Waals surface area contributed by atoms with E-state index in [2.05, 4.69) is 20.7 Å². The third-order valence-electron chi connectivity index (χ3n) is 2.31. The summed E-state index contributed by atoms with van der Waals surface area (Å²) in [7, 11) is 1.15. The Balaban J connectivity index is 3.55. The number of hydrogen-bond acceptors (Lipinski definition) is 4. The lowest BCUT2D eigenvalue weighted by Gasteiger charge is -2.20. The fraction of sp³-hybridized carbons (Fsp3) is 0.250. The molecule has 0 radical (unpaired) electrons. The molecule has 2 amide bonds. The van der Waals surface area contributed by atoms with Gasteiger partial charge < -0.3 is 4.74 Å². The number of carbonyl (C=O) groups excluding carboxylic acids is 3. The Kier molecular flexibility index (Phi) is 4.77. The number of benzene rings is 1. The van der Waals surface area contributed by atoms with E-state index in [1.807, 2.05) is 0 Å². The van der Waals surface area contributed by atoms with Crippen molar-refractivity contribution in [2.75, 3.05) is 12.0 Å². The van der Waals surface area contributed by atoms with Crippen molar-refractivity contribution in [2.45, 2.75) is 13.8 Å². The lowest BCUT2D eigenvalue weighted by molar-refractivity contribution is -0.124. The minimum absolute atomic E-state index is 0.0312. The molecule has 1 rings (SSSR count). The molecule has 19 heavy (non-hydrogen) atoms. The van der Waals surface area contributed by atoms with Crippen LogP contribution in [0.1, 0.15) is 24.2 Å². The van der Waals surface area contributed by atoms with Gasteiger partial charge in [0.25, 0.3) is 0 Å². The van der Waals surface area contributed by atoms with Gasteiger partial charge in [-0.05, 0) is 22.0 Å². The Morgan fingerprint density at radius 3 is 2.16 bits per heavy atom. The number of ether oxygens (including phenoxy) is 1. The van der Waals surface area contributed by atoms with Crippen LogP contribution in [0.25, 0.3) is 0 Å². The van der Waals surface area contributed by atoms with Gasteiger partial charge in [0.1, 0.15) is 5.82 Å². The summed E-state index contributed by atoms with van der Waals surface area (Å²) in [4.78, 5) is 35.3. The number of esters is 1. The Labute approximate surface area is 117 Å². The van der Waals surface area contributed by atoms with Crippen molar-refractivity contribution in [2.24, 2.45) is 0 Å². The Bertz CT molecular complexity index is 545. The van der Waals surface area contributed by atoms with Crippen LogP contribution in [0.15, 0.2) is 16.6 Å². The summed E-state index contributed by atoms with van der Waals surface area (Å²) < 4.78 is 18.1. The zero-order chi connectivity index (χ0) is 14.7. The summed E-state index contributed by atoms with van der Waals surface area (Å²) in [5.41, 5.74) is -0.228. The van der Waals surface area contributed by atoms with E-state index in [9.17, 15) is 18.8 Å². The Morgan fingerprint density at radius 1 is 1.21 bits per heavy atom. The van der Waals surface area contributed by atoms with E-state index in [1.165, 1.54) is 0 Å². The molecule has 0 aliphatic heterocycles. The zero-order valence-corrected chi connectivity index (χ0v) is 12.1. The number of anilines is 1. The van der Waals surface area contributed by atoms with Crippen molar-refractivity contribution in [1.29, 1.82) is 0 Å². The van der Waals surface area contributed by atoms with Crippen LogP contribution in [0.4, 0.5) is 10.1 Å². The number of amides is 2. The first-order valence-corrected chi connectivity index (χ1v) is 5.97. The Morgan fingerprint density at radius 2 is 1.74 bits per heavy atom. The third-order valence-corrected chi connectivity index (χ3v) is 2.92. The summed E-state index contributed by atoms with van der Waals surface area (Å²) in [6.45, 7) is 2.28. The number of imide groups is 1. The molecule has 0 heterocycles. The molecule has 102 valence electrons. The van der Waals surface area contributed by atoms with Crippen molar-refractivity contribution in [3.05, 3.63) is 28.0 Å². The van der Waals surface area contributed by atoms with Gasteiger partial charge in [0, 0.05) is 19.9 Å². The van der Waals surface area contributed by atoms with Crippen molar-refractivity contribution in [3.8, 4) is 0 Å². The molecule has 1 aromatic carbocycles. The summed E-state index contributed by atoms with van der Waals surface area (Å²) >= 11 is 2.93. The predicted octanol–water partition coefficient (Wildman–Crippen LogP) is 2.27. The summed E-state index contributed by atoms with van der Waals surface area (Å²) in [5.74, 6) is -2.72. The van der Waals surface area contributed by atoms with Crippen LogP contribution < -0.4 is 4.90 Å². The van der Waals surface area contributed by atoms with Crippen LogP contribution in [0.3, 0.4) is 0 Å². The fourth-order valence-electron chi connectivity index (χ4n) is 1.56. The molecular weight excluding hydrogens is 321 g/mol. The second kappa shape index (κ2) is 5.92. The molecular formula is C12H11BrFNO4. The molecule has 0 saturated carbocycles. The lowest BCUT2D eigenvalue weighted by Crippen LogP contribution is -2.34. The van der Waals surface area contributed by atoms with Crippen molar-refractivity contribution < 1.29 is 23.5 Å². The minimum atomic E-state index is -0.775. The predicted molar refractivity (Wildman–Crippen MR) is 69.3 cm³/mol. The van der Waals surface area contributed by atoms with E-state index in [0.29, 0.717) is 4.90 Å². The summed E-state index contributed by atoms with van der Waals surface area (Å²) in [6.07, 6.45) is 0. The van der Waals surface area contributed by atoms with Gasteiger partial charge in [-0.3, -0.25) is 14.5 Å². The number of rotatable bonds is 2. The van der Waals surface area contributed by atoms with Gasteiger partial charge in [0.05, 0.1) is 22.8 Å². The smallest absolute Gasteiger partial charge is 0.340 e. The van der Waals surface area contributed by atoms with Gasteiger partial charge in [-0.1, -0.05) is 0 Å². The highest BCUT2D eigenvalue weighted by Gasteiger charge is 2.25. The topological polar surface area (TPSA) is 63.7 Å². The first-order chi connectivity index (χ1) is 8.79. The van der Waals surface area contributed by atoms with Crippen molar-refractivity contribution in [3.63, 3.8) is 0 Å². The van der Waals surface area contributed by atoms with Crippen molar-refractivity contribution >= 4 is 39.4 Å². The van der Waals surface area contributed by atoms with Crippen molar-refractivity contribution in [1.82, 2.24) is 0 Å². The number of nitrogens with zero attached hydrogens (tertiary/aromatic N) is 1. The molecule has 0 unspecified atom stereocenters. The summed E-state index contributed by atoms with van der Waals surface area (Å²) in [6, 6.07) is 2.09. The standard InChI is InChI=1S/C12H11BrFNO4/c1-6(16)15(7(2)17)11-5-10(14)9(13)4-8(11)12(18)19-3/h4-5H,1-3H3. The van der Waals surface area contributed by atoms with Gasteiger partial charge in [-0.25, -0.2) is 9.18 Å². The molecule has 0 N–H and O–H groups in total. The third kappa shape index (κ3) is 3.17. The molecule has 1 aromatic rings. The van der Waals surface area contributed by atoms with Gasteiger partial charge in [0.2, 0.25) is 11.8 Å². The fourth-order valence-corrected chi connectivity index (χ4v) is 1.90. The highest BCUT2D eigenvalue weighted by molar-refractivity contribution is 9.10. The highest BCUT2D eigenvalue weighted by Crippen LogP contribution is 2.28. The van der Waals surface area contributed by atoms with Gasteiger partial charge >= 0.3 is 5.97 Å². The van der Waals surface area contributed by atoms with Crippen LogP contribution in [0.5, 0.6) is 0 Å². The van der Waals surface area contributed by atoms with E-state index in [-0.39, 0.29) is 15.7 Å². The number of methoxy groups -OCH3 is 1. The van der Waals surface area contributed by atoms with Gasteiger partial charge in [-0.15, -0.1) is 0 Å². The number of halogens is 2. The van der Waals surface area contributed by atoms with Gasteiger partial charge in [-0.2, -0.15) is 0 Å². The number of hydrogen-bond donors (Lipinski definition) is 0. The lowest BCUT2D eigenvalue weighted by atomic mass is 10.1. The molecule has 0 saturated heterocycles. The van der Waals surface area contributed by atoms with E-state index < -0.39 is 23.6 Å². The second-order valence-electron chi connectivity index (χ2n) is 3.65. The Hall–Kier alpha value is -1.76. The molecule has 0 aliphatic rings. The first-order valence-electron chi connectivity index (χ1n) is 5.18. The summed E-state index contributed by atoms with van der Waals surface area (Å²) in [5, 5.41) is 0. The van der Waals surface area contributed by atoms with Crippen LogP contribution >= 0.6 is 15.9 Å². The first kappa shape index (κ1) is 15.3. The average Bonchev–Trinajstić information content (AvgIpc) is 2.31. The van der Waals surface area contributed by atoms with E-state index in [0.717, 1.165) is 33.1 Å². The molecule has 0 bridgehead atoms. The largest absolute Gasteiger partial charge is 0.465 e. The van der Waals surface area contributed by atoms with E-state index in [1.54, 1.807) is 0 Å². The SMILES string of the molecule is COC(=O)c1cc(Br)c(F)cc1N(C(C)=O)C(C)=O. The number of carbonyl (C=O) groups is 3. The highest BCUT2D eigenvalue weighted by atomic mass is 79.9. The molecule has 0 aliphatic carbocycles. The van der Waals surface area contributed by atoms with Crippen LogP contribution in [0, 0.1) is 5.82 Å². The average molecular weight is 332 g/mol. The molecule has 0 spiro atoms. The zero-order valence-electron chi connectivity index (χ0n) is 10.5.